The molecule has 0 bridgehead atoms. The van der Waals surface area contributed by atoms with E-state index in [0.717, 1.165) is 0 Å². The molecule has 36 valence electrons. The monoisotopic (exact) mass is 87.1 g/mol. The summed E-state index contributed by atoms with van der Waals surface area (Å²) < 4.78 is 0. The molecule has 1 N–H and O–H groups in total. The van der Waals surface area contributed by atoms with Crippen LogP contribution >= 0.6 is 0 Å². The van der Waals surface area contributed by atoms with Gasteiger partial charge in [0.25, 0.3) is 0 Å². The largest absolute Gasteiger partial charge is 0.395 e. The van der Waals surface area contributed by atoms with E-state index in [1.807, 2.05) is 0 Å². The summed E-state index contributed by atoms with van der Waals surface area (Å²) in [6, 6.07) is 0. The molecule has 0 aliphatic rings. The molecular weight excluding hydrogens is 78.0 g/mol. The molecule has 0 rings (SSSR count). The van der Waals surface area contributed by atoms with Crippen LogP contribution in [0.15, 0.2) is 0 Å². The summed E-state index contributed by atoms with van der Waals surface area (Å²) in [5, 5.41) is 8.12. The number of hydrogen-bond donors (Lipinski definition) is 1. The lowest BCUT2D eigenvalue weighted by molar-refractivity contribution is 0.261. The molecular formula is C4H9NO. The van der Waals surface area contributed by atoms with E-state index in [0.29, 0.717) is 6.54 Å². The van der Waals surface area contributed by atoms with Crippen molar-refractivity contribution in [1.29, 1.82) is 0 Å². The van der Waals surface area contributed by atoms with Gasteiger partial charge in [0.1, 0.15) is 0 Å². The maximum Gasteiger partial charge on any atom is 0.0558 e. The molecule has 0 spiro atoms. The van der Waals surface area contributed by atoms with Gasteiger partial charge in [-0.25, -0.2) is 0 Å². The van der Waals surface area contributed by atoms with Crippen LogP contribution in [0.5, 0.6) is 0 Å². The number of nitrogens with zero attached hydrogens (tertiary/aromatic N) is 1. The summed E-state index contributed by atoms with van der Waals surface area (Å²) in [5.74, 6) is 0. The van der Waals surface area contributed by atoms with Gasteiger partial charge in [0.2, 0.25) is 0 Å². The van der Waals surface area contributed by atoms with Crippen molar-refractivity contribution < 1.29 is 5.11 Å². The first-order valence-corrected chi connectivity index (χ1v) is 1.76. The molecule has 0 amide bonds. The van der Waals surface area contributed by atoms with Crippen LogP contribution in [0.1, 0.15) is 0 Å². The summed E-state index contributed by atoms with van der Waals surface area (Å²) >= 11 is 0. The minimum absolute atomic E-state index is 0.132. The Morgan fingerprint density at radius 2 is 2.00 bits per heavy atom. The molecule has 2 radical (unpaired) electrons. The van der Waals surface area contributed by atoms with Gasteiger partial charge in [0, 0.05) is 20.6 Å². The van der Waals surface area contributed by atoms with Crippen molar-refractivity contribution in [2.24, 2.45) is 0 Å². The Bertz CT molecular complexity index is 28.7. The molecule has 2 heteroatoms. The van der Waals surface area contributed by atoms with Crippen LogP contribution in [-0.2, 0) is 0 Å². The predicted molar refractivity (Wildman–Crippen MR) is 24.5 cm³/mol. The SMILES string of the molecule is [CH2]N([CH2])CCO. The quantitative estimate of drug-likeness (QED) is 0.507. The second-order valence-corrected chi connectivity index (χ2v) is 1.12. The third-order valence-corrected chi connectivity index (χ3v) is 0.416. The average molecular weight is 87.1 g/mol. The van der Waals surface area contributed by atoms with Crippen molar-refractivity contribution >= 4 is 0 Å². The maximum absolute atomic E-state index is 8.12. The third kappa shape index (κ3) is 3.92. The zero-order valence-corrected chi connectivity index (χ0v) is 3.72. The molecule has 0 aliphatic heterocycles. The molecule has 0 aliphatic carbocycles. The Balaban J connectivity index is 2.63. The lowest BCUT2D eigenvalue weighted by Crippen LogP contribution is -2.10. The number of rotatable bonds is 2. The van der Waals surface area contributed by atoms with Crippen LogP contribution in [0.2, 0.25) is 0 Å². The normalized spacial score (nSPS) is 10.0. The van der Waals surface area contributed by atoms with Crippen molar-refractivity contribution in [2.45, 2.75) is 0 Å². The molecule has 2 nitrogen and oxygen atoms in total. The van der Waals surface area contributed by atoms with E-state index in [2.05, 4.69) is 14.1 Å². The topological polar surface area (TPSA) is 23.5 Å². The minimum atomic E-state index is 0.132. The maximum atomic E-state index is 8.12. The van der Waals surface area contributed by atoms with Crippen LogP contribution in [0.25, 0.3) is 0 Å². The van der Waals surface area contributed by atoms with Gasteiger partial charge < -0.3 is 5.11 Å². The second-order valence-electron chi connectivity index (χ2n) is 1.12. The summed E-state index contributed by atoms with van der Waals surface area (Å²) in [6.45, 7) is 0.674. The third-order valence-electron chi connectivity index (χ3n) is 0.416. The Kier molecular flexibility index (Phi) is 3.08. The number of hydrogen-bond acceptors (Lipinski definition) is 2. The Morgan fingerprint density at radius 1 is 1.50 bits per heavy atom. The zero-order chi connectivity index (χ0) is 4.99. The highest BCUT2D eigenvalue weighted by atomic mass is 16.3. The lowest BCUT2D eigenvalue weighted by Gasteiger charge is -2.02. The van der Waals surface area contributed by atoms with Gasteiger partial charge in [-0.1, -0.05) is 0 Å². The summed E-state index contributed by atoms with van der Waals surface area (Å²) in [4.78, 5) is 1.43. The first-order valence-electron chi connectivity index (χ1n) is 1.76. The summed E-state index contributed by atoms with van der Waals surface area (Å²) in [7, 11) is 6.78. The highest BCUT2D eigenvalue weighted by molar-refractivity contribution is 4.47. The lowest BCUT2D eigenvalue weighted by atomic mass is 10.6. The second kappa shape index (κ2) is 3.12. The van der Waals surface area contributed by atoms with Gasteiger partial charge in [0.05, 0.1) is 6.61 Å². The molecule has 0 aromatic rings. The van der Waals surface area contributed by atoms with Gasteiger partial charge in [-0.05, 0) is 0 Å². The number of aliphatic hydroxyl groups is 1. The molecule has 0 unspecified atom stereocenters. The van der Waals surface area contributed by atoms with Crippen LogP contribution in [0.4, 0.5) is 0 Å². The van der Waals surface area contributed by atoms with Gasteiger partial charge in [-0.15, -0.1) is 0 Å². The van der Waals surface area contributed by atoms with Crippen LogP contribution in [-0.4, -0.2) is 23.2 Å². The van der Waals surface area contributed by atoms with Crippen molar-refractivity contribution in [2.75, 3.05) is 13.2 Å². The average Bonchev–Trinajstić information content (AvgIpc) is 1.35. The van der Waals surface area contributed by atoms with Crippen molar-refractivity contribution in [3.05, 3.63) is 14.1 Å². The van der Waals surface area contributed by atoms with Gasteiger partial charge in [-0.3, -0.25) is 4.90 Å². The van der Waals surface area contributed by atoms with Crippen molar-refractivity contribution in [3.63, 3.8) is 0 Å². The Hall–Kier alpha value is -0.0800. The Morgan fingerprint density at radius 3 is 2.00 bits per heavy atom. The van der Waals surface area contributed by atoms with Gasteiger partial charge in [0.15, 0.2) is 0 Å². The van der Waals surface area contributed by atoms with E-state index >= 15 is 0 Å². The van der Waals surface area contributed by atoms with Gasteiger partial charge >= 0.3 is 0 Å². The standard InChI is InChI=1S/C4H9NO/c1-5(2)3-4-6/h6H,1-4H2. The van der Waals surface area contributed by atoms with Crippen LogP contribution < -0.4 is 0 Å². The van der Waals surface area contributed by atoms with Crippen LogP contribution in [0.3, 0.4) is 0 Å². The van der Waals surface area contributed by atoms with E-state index in [1.54, 1.807) is 0 Å². The van der Waals surface area contributed by atoms with Gasteiger partial charge in [-0.2, -0.15) is 0 Å². The Labute approximate surface area is 38.4 Å². The van der Waals surface area contributed by atoms with Crippen molar-refractivity contribution in [3.8, 4) is 0 Å². The summed E-state index contributed by atoms with van der Waals surface area (Å²) in [6.07, 6.45) is 0. The molecule has 0 aromatic carbocycles. The van der Waals surface area contributed by atoms with E-state index in [-0.39, 0.29) is 6.61 Å². The molecule has 0 fully saturated rings. The van der Waals surface area contributed by atoms with E-state index < -0.39 is 0 Å². The van der Waals surface area contributed by atoms with E-state index in [4.69, 9.17) is 5.11 Å². The zero-order valence-electron chi connectivity index (χ0n) is 3.72. The molecule has 0 saturated heterocycles. The highest BCUT2D eigenvalue weighted by Gasteiger charge is 1.81. The molecule has 0 atom stereocenters. The molecule has 0 heterocycles. The predicted octanol–water partition coefficient (Wildman–Crippen LogP) is -0.136. The fraction of sp³-hybridized carbons (Fsp3) is 0.500. The molecule has 0 aromatic heterocycles. The van der Waals surface area contributed by atoms with Crippen molar-refractivity contribution in [1.82, 2.24) is 4.90 Å². The fourth-order valence-corrected chi connectivity index (χ4v) is 0.141. The highest BCUT2D eigenvalue weighted by Crippen LogP contribution is 1.72. The molecule has 0 saturated carbocycles. The first-order chi connectivity index (χ1) is 2.77. The smallest absolute Gasteiger partial charge is 0.0558 e. The summed E-state index contributed by atoms with van der Waals surface area (Å²) in [5.41, 5.74) is 0. The number of aliphatic hydroxyl groups excluding tert-OH is 1. The van der Waals surface area contributed by atoms with E-state index in [9.17, 15) is 0 Å². The minimum Gasteiger partial charge on any atom is -0.395 e. The fourth-order valence-electron chi connectivity index (χ4n) is 0.141. The van der Waals surface area contributed by atoms with E-state index in [1.165, 1.54) is 4.90 Å². The first kappa shape index (κ1) is 5.92. The van der Waals surface area contributed by atoms with Crippen LogP contribution in [0, 0.1) is 14.1 Å². The molecule has 6 heavy (non-hydrogen) atoms.